The average Bonchev–Trinajstić information content (AvgIpc) is 3.54. The summed E-state index contributed by atoms with van der Waals surface area (Å²) in [5.41, 5.74) is 3.75. The molecule has 45 heavy (non-hydrogen) atoms. The maximum atomic E-state index is 14.6. The normalized spacial score (nSPS) is 41.7. The highest BCUT2D eigenvalue weighted by Gasteiger charge is 2.74. The van der Waals surface area contributed by atoms with Crippen molar-refractivity contribution in [3.8, 4) is 0 Å². The molecule has 7 aliphatic rings. The fraction of sp³-hybridized carbons (Fsp3) is 0.525. The van der Waals surface area contributed by atoms with Crippen molar-refractivity contribution in [3.05, 3.63) is 95.2 Å². The molecule has 0 amide bonds. The number of aromatic amines is 1. The molecular weight excluding hydrogens is 556 g/mol. The summed E-state index contributed by atoms with van der Waals surface area (Å²) in [5, 5.41) is 25.1. The van der Waals surface area contributed by atoms with Crippen LogP contribution in [0.25, 0.3) is 10.9 Å². The first-order chi connectivity index (χ1) is 21.6. The first-order valence-corrected chi connectivity index (χ1v) is 17.4. The second-order valence-electron chi connectivity index (χ2n) is 16.1. The fourth-order valence-corrected chi connectivity index (χ4v) is 12.1. The fourth-order valence-electron chi connectivity index (χ4n) is 12.1. The Kier molecular flexibility index (Phi) is 5.84. The first kappa shape index (κ1) is 28.3. The van der Waals surface area contributed by atoms with E-state index in [1.54, 1.807) is 0 Å². The summed E-state index contributed by atoms with van der Waals surface area (Å²) in [5.74, 6) is 0.632. The van der Waals surface area contributed by atoms with Crippen molar-refractivity contribution in [2.45, 2.75) is 83.5 Å². The molecule has 2 bridgehead atoms. The Balaban J connectivity index is 1.10. The van der Waals surface area contributed by atoms with E-state index in [-0.39, 0.29) is 34.1 Å². The number of β-amino-alcohol motifs (C(OH)–C–C–N with tert-alkyl or cyclic N) is 1. The summed E-state index contributed by atoms with van der Waals surface area (Å²) in [6.45, 7) is 7.26. The van der Waals surface area contributed by atoms with Gasteiger partial charge in [0.15, 0.2) is 5.78 Å². The molecule has 2 aromatic carbocycles. The zero-order valence-corrected chi connectivity index (χ0v) is 26.7. The zero-order chi connectivity index (χ0) is 30.8. The lowest BCUT2D eigenvalue weighted by Crippen LogP contribution is -2.67. The Hall–Kier alpha value is -2.99. The van der Waals surface area contributed by atoms with Gasteiger partial charge in [0.25, 0.3) is 0 Å². The van der Waals surface area contributed by atoms with Gasteiger partial charge < -0.3 is 15.2 Å². The van der Waals surface area contributed by atoms with Gasteiger partial charge in [-0.15, -0.1) is 0 Å². The van der Waals surface area contributed by atoms with Gasteiger partial charge in [0.1, 0.15) is 0 Å². The Morgan fingerprint density at radius 2 is 1.67 bits per heavy atom. The number of aliphatic hydroxyl groups excluding tert-OH is 1. The molecule has 1 unspecified atom stereocenters. The molecule has 3 aromatic rings. The quantitative estimate of drug-likeness (QED) is 0.222. The first-order valence-electron chi connectivity index (χ1n) is 17.4. The predicted molar refractivity (Wildman–Crippen MR) is 177 cm³/mol. The number of benzene rings is 2. The van der Waals surface area contributed by atoms with Gasteiger partial charge in [0.2, 0.25) is 0 Å². The molecule has 6 aliphatic carbocycles. The number of para-hydroxylation sites is 1. The summed E-state index contributed by atoms with van der Waals surface area (Å²) >= 11 is 0. The molecule has 1 aromatic heterocycles. The van der Waals surface area contributed by atoms with Gasteiger partial charge in [-0.05, 0) is 80.2 Å². The number of fused-ring (bicyclic) bond motifs is 4. The van der Waals surface area contributed by atoms with E-state index in [9.17, 15) is 15.0 Å². The molecule has 5 heteroatoms. The average molecular weight is 603 g/mol. The molecule has 0 saturated heterocycles. The topological polar surface area (TPSA) is 76.6 Å². The molecule has 234 valence electrons. The third-order valence-electron chi connectivity index (χ3n) is 14.4. The summed E-state index contributed by atoms with van der Waals surface area (Å²) in [4.78, 5) is 20.8. The van der Waals surface area contributed by atoms with Gasteiger partial charge in [-0.3, -0.25) is 9.69 Å². The number of H-pyrrole nitrogens is 1. The van der Waals surface area contributed by atoms with Crippen molar-refractivity contribution in [1.82, 2.24) is 9.88 Å². The van der Waals surface area contributed by atoms with E-state index in [2.05, 4.69) is 66.2 Å². The Labute approximate surface area is 266 Å². The van der Waals surface area contributed by atoms with Crippen LogP contribution in [-0.4, -0.2) is 50.7 Å². The highest BCUT2D eigenvalue weighted by atomic mass is 16.3. The van der Waals surface area contributed by atoms with Crippen molar-refractivity contribution in [2.24, 2.45) is 33.5 Å². The van der Waals surface area contributed by atoms with Crippen LogP contribution in [-0.2, 0) is 13.0 Å². The van der Waals surface area contributed by atoms with Gasteiger partial charge >= 0.3 is 0 Å². The minimum absolute atomic E-state index is 0.0115. The van der Waals surface area contributed by atoms with Crippen LogP contribution in [0.2, 0.25) is 0 Å². The van der Waals surface area contributed by atoms with Crippen LogP contribution in [0.1, 0.15) is 80.4 Å². The smallest absolute Gasteiger partial charge is 0.189 e. The van der Waals surface area contributed by atoms with Gasteiger partial charge in [0.05, 0.1) is 11.7 Å². The van der Waals surface area contributed by atoms with Crippen molar-refractivity contribution in [1.29, 1.82) is 0 Å². The van der Waals surface area contributed by atoms with Gasteiger partial charge in [-0.25, -0.2) is 0 Å². The molecule has 10 rings (SSSR count). The predicted octanol–water partition coefficient (Wildman–Crippen LogP) is 7.00. The second-order valence-corrected chi connectivity index (χ2v) is 16.1. The van der Waals surface area contributed by atoms with E-state index in [0.29, 0.717) is 18.9 Å². The number of hydrogen-bond acceptors (Lipinski definition) is 4. The monoisotopic (exact) mass is 602 g/mol. The second kappa shape index (κ2) is 9.30. The standard InChI is InChI=1S/C40H46N2O3/c1-36-16-12-27(43)22-38(36)19-20-40(30(23-38)35(44)26-8-4-3-5-9-26)33(36)13-17-37(2)34(40)14-18-39(37,45)25-42-21-15-29-28-10-6-7-11-31(28)41-32(29)24-42/h3-11,19-20,23,27,33-34,41,43,45H,12-18,21-22,24-25H2,1-2H3/t27?,33-,34-,36-,37+,38+,39-,40-/m1/s1. The number of Topliss-reactive ketones (excluding diaryl/α,β-unsaturated/α-hetero) is 1. The van der Waals surface area contributed by atoms with Crippen molar-refractivity contribution >= 4 is 16.7 Å². The third-order valence-corrected chi connectivity index (χ3v) is 14.4. The minimum Gasteiger partial charge on any atom is -0.393 e. The summed E-state index contributed by atoms with van der Waals surface area (Å²) in [7, 11) is 0. The largest absolute Gasteiger partial charge is 0.393 e. The van der Waals surface area contributed by atoms with Crippen molar-refractivity contribution in [2.75, 3.05) is 13.1 Å². The molecule has 3 N–H and O–H groups in total. The maximum absolute atomic E-state index is 14.6. The van der Waals surface area contributed by atoms with Gasteiger partial charge in [-0.1, -0.05) is 80.6 Å². The van der Waals surface area contributed by atoms with Crippen LogP contribution < -0.4 is 0 Å². The maximum Gasteiger partial charge on any atom is 0.189 e. The molecule has 3 saturated carbocycles. The van der Waals surface area contributed by atoms with Crippen molar-refractivity contribution < 1.29 is 15.0 Å². The summed E-state index contributed by atoms with van der Waals surface area (Å²) < 4.78 is 0. The summed E-state index contributed by atoms with van der Waals surface area (Å²) in [6.07, 6.45) is 14.0. The minimum atomic E-state index is -0.828. The molecule has 0 radical (unpaired) electrons. The molecule has 1 aliphatic heterocycles. The van der Waals surface area contributed by atoms with Gasteiger partial charge in [0, 0.05) is 63.6 Å². The number of rotatable bonds is 4. The van der Waals surface area contributed by atoms with E-state index < -0.39 is 11.0 Å². The Morgan fingerprint density at radius 1 is 0.933 bits per heavy atom. The highest BCUT2D eigenvalue weighted by molar-refractivity contribution is 6.10. The van der Waals surface area contributed by atoms with Crippen LogP contribution in [0, 0.1) is 33.5 Å². The summed E-state index contributed by atoms with van der Waals surface area (Å²) in [6, 6.07) is 18.4. The molecule has 2 spiro atoms. The third kappa shape index (κ3) is 3.53. The van der Waals surface area contributed by atoms with Crippen LogP contribution in [0.4, 0.5) is 0 Å². The highest BCUT2D eigenvalue weighted by Crippen LogP contribution is 2.78. The van der Waals surface area contributed by atoms with Crippen LogP contribution >= 0.6 is 0 Å². The van der Waals surface area contributed by atoms with Gasteiger partial charge in [-0.2, -0.15) is 0 Å². The van der Waals surface area contributed by atoms with E-state index >= 15 is 0 Å². The van der Waals surface area contributed by atoms with E-state index in [1.165, 1.54) is 22.2 Å². The lowest BCUT2D eigenvalue weighted by Gasteiger charge is -2.71. The van der Waals surface area contributed by atoms with E-state index in [1.807, 2.05) is 30.3 Å². The van der Waals surface area contributed by atoms with E-state index in [4.69, 9.17) is 0 Å². The number of allylic oxidation sites excluding steroid dienone is 4. The lowest BCUT2D eigenvalue weighted by molar-refractivity contribution is -0.176. The number of nitrogens with zero attached hydrogens (tertiary/aromatic N) is 1. The number of carbonyl (C=O) groups is 1. The van der Waals surface area contributed by atoms with Crippen molar-refractivity contribution in [3.63, 3.8) is 0 Å². The van der Waals surface area contributed by atoms with Crippen LogP contribution in [0.3, 0.4) is 0 Å². The lowest BCUT2D eigenvalue weighted by atomic mass is 9.32. The molecule has 5 nitrogen and oxygen atoms in total. The Morgan fingerprint density at radius 3 is 2.51 bits per heavy atom. The molecule has 2 heterocycles. The Bertz CT molecular complexity index is 1770. The number of aliphatic hydroxyl groups is 2. The number of ketones is 1. The number of carbonyl (C=O) groups excluding carboxylic acids is 1. The molecule has 3 fully saturated rings. The molecule has 8 atom stereocenters. The number of nitrogens with one attached hydrogen (secondary N) is 1. The van der Waals surface area contributed by atoms with E-state index in [0.717, 1.165) is 69.2 Å². The molecular formula is C40H46N2O3. The zero-order valence-electron chi connectivity index (χ0n) is 26.7. The number of aromatic nitrogens is 1. The van der Waals surface area contributed by atoms with Crippen LogP contribution in [0.15, 0.2) is 78.4 Å². The SMILES string of the molecule is C[C@]12CC[C@H]3[C@]4(C=C[C@@]5(C=C4C(=O)c4ccccc4)CC(O)CC[C@]35C)[C@@H]1CC[C@@]2(O)CN1CCc2c([nH]c3ccccc23)C1. The van der Waals surface area contributed by atoms with Crippen LogP contribution in [0.5, 0.6) is 0 Å². The number of hydrogen-bond donors (Lipinski definition) is 3.